The van der Waals surface area contributed by atoms with Crippen LogP contribution in [0.1, 0.15) is 19.4 Å². The van der Waals surface area contributed by atoms with E-state index >= 15 is 0 Å². The van der Waals surface area contributed by atoms with Gasteiger partial charge in [0.15, 0.2) is 0 Å². The normalized spacial score (nSPS) is 16.5. The van der Waals surface area contributed by atoms with Crippen molar-refractivity contribution in [1.82, 2.24) is 0 Å². The fraction of sp³-hybridized carbons (Fsp3) is 0.235. The Bertz CT molecular complexity index is 1010. The van der Waals surface area contributed by atoms with Crippen molar-refractivity contribution in [3.05, 3.63) is 52.0 Å². The summed E-state index contributed by atoms with van der Waals surface area (Å²) in [6.07, 6.45) is 0.597. The molecular formula is C17H15BrF2N2O3S. The van der Waals surface area contributed by atoms with Gasteiger partial charge in [-0.2, -0.15) is 0 Å². The summed E-state index contributed by atoms with van der Waals surface area (Å²) in [5.41, 5.74) is 0.831. The summed E-state index contributed by atoms with van der Waals surface area (Å²) in [6.45, 7) is 3.27. The van der Waals surface area contributed by atoms with Crippen molar-refractivity contribution in [2.45, 2.75) is 31.2 Å². The van der Waals surface area contributed by atoms with Gasteiger partial charge in [0.1, 0.15) is 16.5 Å². The molecule has 2 aromatic carbocycles. The molecule has 5 nitrogen and oxygen atoms in total. The van der Waals surface area contributed by atoms with E-state index in [-0.39, 0.29) is 21.3 Å². The topological polar surface area (TPSA) is 66.5 Å². The minimum absolute atomic E-state index is 0.0963. The number of carbonyl (C=O) groups is 1. The number of anilines is 2. The molecule has 1 N–H and O–H groups in total. The molecule has 1 aliphatic rings. The number of halogens is 3. The summed E-state index contributed by atoms with van der Waals surface area (Å²) < 4.78 is 54.9. The fourth-order valence-corrected chi connectivity index (χ4v) is 5.25. The van der Waals surface area contributed by atoms with Gasteiger partial charge in [-0.1, -0.05) is 0 Å². The van der Waals surface area contributed by atoms with E-state index < -0.39 is 27.3 Å². The Morgan fingerprint density at radius 3 is 2.62 bits per heavy atom. The molecular weight excluding hydrogens is 430 g/mol. The van der Waals surface area contributed by atoms with E-state index in [1.807, 2.05) is 6.92 Å². The number of nitrogens with zero attached hydrogens (tertiary/aromatic N) is 1. The van der Waals surface area contributed by atoms with Crippen molar-refractivity contribution >= 4 is 43.2 Å². The summed E-state index contributed by atoms with van der Waals surface area (Å²) in [5, 5.41) is 0. The van der Waals surface area contributed by atoms with E-state index in [0.717, 1.165) is 23.8 Å². The summed E-state index contributed by atoms with van der Waals surface area (Å²) in [6, 6.07) is 5.39. The molecule has 9 heteroatoms. The van der Waals surface area contributed by atoms with Gasteiger partial charge in [-0.15, -0.1) is 0 Å². The second kappa shape index (κ2) is 6.62. The number of amides is 1. The van der Waals surface area contributed by atoms with Crippen molar-refractivity contribution in [3.8, 4) is 0 Å². The maximum absolute atomic E-state index is 13.8. The molecule has 3 rings (SSSR count). The molecule has 0 spiro atoms. The van der Waals surface area contributed by atoms with Crippen molar-refractivity contribution in [3.63, 3.8) is 0 Å². The van der Waals surface area contributed by atoms with E-state index in [1.165, 1.54) is 17.9 Å². The van der Waals surface area contributed by atoms with Gasteiger partial charge in [0.05, 0.1) is 5.69 Å². The Balaban J connectivity index is 2.06. The zero-order valence-electron chi connectivity index (χ0n) is 13.9. The average molecular weight is 445 g/mol. The summed E-state index contributed by atoms with van der Waals surface area (Å²) >= 11 is 3.22. The largest absolute Gasteiger partial charge is 0.309 e. The van der Waals surface area contributed by atoms with E-state index in [9.17, 15) is 22.0 Å². The van der Waals surface area contributed by atoms with Crippen LogP contribution in [0.4, 0.5) is 20.2 Å². The Morgan fingerprint density at radius 2 is 1.96 bits per heavy atom. The lowest BCUT2D eigenvalue weighted by atomic mass is 10.1. The number of hydrogen-bond donors (Lipinski definition) is 1. The highest BCUT2D eigenvalue weighted by Gasteiger charge is 2.32. The minimum atomic E-state index is -4.21. The van der Waals surface area contributed by atoms with Crippen LogP contribution < -0.4 is 9.62 Å². The van der Waals surface area contributed by atoms with Crippen LogP contribution in [0, 0.1) is 11.6 Å². The Labute approximate surface area is 158 Å². The average Bonchev–Trinajstić information content (AvgIpc) is 2.84. The van der Waals surface area contributed by atoms with Crippen LogP contribution in [0.5, 0.6) is 0 Å². The summed E-state index contributed by atoms with van der Waals surface area (Å²) in [4.78, 5) is 13.2. The fourth-order valence-electron chi connectivity index (χ4n) is 3.08. The third-order valence-electron chi connectivity index (χ3n) is 4.15. The quantitative estimate of drug-likeness (QED) is 0.781. The second-order valence-corrected chi connectivity index (χ2v) is 8.59. The first-order valence-electron chi connectivity index (χ1n) is 7.70. The van der Waals surface area contributed by atoms with Crippen molar-refractivity contribution < 1.29 is 22.0 Å². The molecule has 2 aromatic rings. The first kappa shape index (κ1) is 18.8. The molecule has 0 radical (unpaired) electrons. The molecule has 0 aliphatic carbocycles. The van der Waals surface area contributed by atoms with Gasteiger partial charge in [-0.25, -0.2) is 17.2 Å². The van der Waals surface area contributed by atoms with Crippen molar-refractivity contribution in [1.29, 1.82) is 0 Å². The molecule has 0 aromatic heterocycles. The molecule has 0 saturated carbocycles. The zero-order chi connectivity index (χ0) is 19.2. The van der Waals surface area contributed by atoms with E-state index in [0.29, 0.717) is 12.1 Å². The smallest absolute Gasteiger partial charge is 0.263 e. The molecule has 0 fully saturated rings. The third kappa shape index (κ3) is 3.33. The van der Waals surface area contributed by atoms with Crippen LogP contribution in [-0.2, 0) is 21.2 Å². The SMILES string of the molecule is CC(=O)N1c2cc(S(=O)(=O)Nc3cc(F)ccc3F)c(Br)cc2C[C@@H]1C. The number of rotatable bonds is 3. The van der Waals surface area contributed by atoms with Crippen LogP contribution in [0.25, 0.3) is 0 Å². The lowest BCUT2D eigenvalue weighted by Gasteiger charge is -2.21. The van der Waals surface area contributed by atoms with Crippen LogP contribution in [0.15, 0.2) is 39.7 Å². The van der Waals surface area contributed by atoms with Crippen LogP contribution in [0.3, 0.4) is 0 Å². The lowest BCUT2D eigenvalue weighted by molar-refractivity contribution is -0.116. The summed E-state index contributed by atoms with van der Waals surface area (Å²) in [7, 11) is -4.21. The van der Waals surface area contributed by atoms with Gasteiger partial charge < -0.3 is 4.90 Å². The zero-order valence-corrected chi connectivity index (χ0v) is 16.3. The van der Waals surface area contributed by atoms with E-state index in [2.05, 4.69) is 20.7 Å². The van der Waals surface area contributed by atoms with Gasteiger partial charge in [0.25, 0.3) is 10.0 Å². The third-order valence-corrected chi connectivity index (χ3v) is 6.47. The van der Waals surface area contributed by atoms with Crippen molar-refractivity contribution in [2.75, 3.05) is 9.62 Å². The molecule has 0 unspecified atom stereocenters. The molecule has 1 amide bonds. The number of fused-ring (bicyclic) bond motifs is 1. The Kier molecular flexibility index (Phi) is 4.78. The van der Waals surface area contributed by atoms with Gasteiger partial charge in [-0.3, -0.25) is 9.52 Å². The van der Waals surface area contributed by atoms with Crippen molar-refractivity contribution in [2.24, 2.45) is 0 Å². The summed E-state index contributed by atoms with van der Waals surface area (Å²) in [5.74, 6) is -1.87. The highest BCUT2D eigenvalue weighted by Crippen LogP contribution is 2.38. The highest BCUT2D eigenvalue weighted by molar-refractivity contribution is 9.10. The predicted molar refractivity (Wildman–Crippen MR) is 97.6 cm³/mol. The monoisotopic (exact) mass is 444 g/mol. The van der Waals surface area contributed by atoms with E-state index in [1.54, 1.807) is 6.07 Å². The molecule has 0 bridgehead atoms. The number of nitrogens with one attached hydrogen (secondary N) is 1. The molecule has 138 valence electrons. The number of benzene rings is 2. The maximum atomic E-state index is 13.8. The minimum Gasteiger partial charge on any atom is -0.309 e. The molecule has 1 aliphatic heterocycles. The van der Waals surface area contributed by atoms with Gasteiger partial charge in [0.2, 0.25) is 5.91 Å². The molecule has 1 atom stereocenters. The molecule has 1 heterocycles. The first-order valence-corrected chi connectivity index (χ1v) is 9.98. The Hall–Kier alpha value is -2.00. The van der Waals surface area contributed by atoms with Crippen LogP contribution >= 0.6 is 15.9 Å². The maximum Gasteiger partial charge on any atom is 0.263 e. The van der Waals surface area contributed by atoms with Crippen LogP contribution in [-0.4, -0.2) is 20.4 Å². The predicted octanol–water partition coefficient (Wildman–Crippen LogP) is 3.83. The second-order valence-electron chi connectivity index (χ2n) is 6.08. The van der Waals surface area contributed by atoms with Gasteiger partial charge in [-0.05, 0) is 59.1 Å². The lowest BCUT2D eigenvalue weighted by Crippen LogP contribution is -2.33. The number of sulfonamides is 1. The number of carbonyl (C=O) groups excluding carboxylic acids is 1. The number of hydrogen-bond acceptors (Lipinski definition) is 3. The molecule has 0 saturated heterocycles. The molecule has 26 heavy (non-hydrogen) atoms. The standard InChI is InChI=1S/C17H15BrF2N2O3S/c1-9-5-11-6-13(18)17(8-16(11)22(9)10(2)23)26(24,25)21-15-7-12(19)3-4-14(15)20/h3-4,6-9,21H,5H2,1-2H3/t9-/m0/s1. The van der Waals surface area contributed by atoms with Gasteiger partial charge in [0, 0.05) is 29.2 Å². The van der Waals surface area contributed by atoms with Crippen LogP contribution in [0.2, 0.25) is 0 Å². The first-order chi connectivity index (χ1) is 12.1. The van der Waals surface area contributed by atoms with E-state index in [4.69, 9.17) is 0 Å². The highest BCUT2D eigenvalue weighted by atomic mass is 79.9. The Morgan fingerprint density at radius 1 is 1.27 bits per heavy atom. The van der Waals surface area contributed by atoms with Gasteiger partial charge >= 0.3 is 0 Å².